The molecule has 0 bridgehead atoms. The monoisotopic (exact) mass is 302 g/mol. The van der Waals surface area contributed by atoms with Crippen molar-refractivity contribution in [2.45, 2.75) is 12.5 Å². The van der Waals surface area contributed by atoms with Gasteiger partial charge in [0, 0.05) is 25.6 Å². The van der Waals surface area contributed by atoms with Gasteiger partial charge in [0.2, 0.25) is 0 Å². The molecule has 1 amide bonds. The molecule has 2 heterocycles. The predicted molar refractivity (Wildman–Crippen MR) is 78.5 cm³/mol. The lowest BCUT2D eigenvalue weighted by molar-refractivity contribution is 0.000876. The number of aliphatic hydroxyl groups excluding tert-OH is 2. The van der Waals surface area contributed by atoms with Gasteiger partial charge in [0.05, 0.1) is 17.4 Å². The second-order valence-corrected chi connectivity index (χ2v) is 5.44. The van der Waals surface area contributed by atoms with Gasteiger partial charge in [-0.05, 0) is 18.6 Å². The molecular weight excluding hydrogens is 284 g/mol. The Morgan fingerprint density at radius 2 is 2.00 bits per heavy atom. The van der Waals surface area contributed by atoms with E-state index in [4.69, 9.17) is 0 Å². The molecule has 0 radical (unpaired) electrons. The maximum atomic E-state index is 12.8. The molecule has 1 aromatic carbocycles. The average molecular weight is 302 g/mol. The molecule has 3 rings (SSSR count). The molecule has 1 aromatic heterocycles. The smallest absolute Gasteiger partial charge is 0.256 e. The number of para-hydroxylation sites is 1. The lowest BCUT2D eigenvalue weighted by atomic mass is 9.94. The van der Waals surface area contributed by atoms with Gasteiger partial charge in [0.1, 0.15) is 12.7 Å². The molecule has 1 saturated heterocycles. The number of hydrogen-bond acceptors (Lipinski definition) is 5. The molecule has 0 spiro atoms. The molecule has 0 unspecified atom stereocenters. The van der Waals surface area contributed by atoms with Crippen LogP contribution in [-0.2, 0) is 0 Å². The van der Waals surface area contributed by atoms with Crippen LogP contribution >= 0.6 is 0 Å². The van der Waals surface area contributed by atoms with Crippen molar-refractivity contribution in [3.8, 4) is 5.69 Å². The fourth-order valence-electron chi connectivity index (χ4n) is 2.75. The highest BCUT2D eigenvalue weighted by atomic mass is 16.3. The molecule has 0 aliphatic carbocycles. The minimum atomic E-state index is -0.690. The Hall–Kier alpha value is -2.25. The van der Waals surface area contributed by atoms with E-state index in [9.17, 15) is 15.0 Å². The van der Waals surface area contributed by atoms with Crippen molar-refractivity contribution in [2.24, 2.45) is 5.92 Å². The van der Waals surface area contributed by atoms with Gasteiger partial charge in [0.15, 0.2) is 0 Å². The van der Waals surface area contributed by atoms with Crippen LogP contribution in [0, 0.1) is 5.92 Å². The first kappa shape index (κ1) is 14.7. The third-order valence-corrected chi connectivity index (χ3v) is 4.07. The molecule has 2 N–H and O–H groups in total. The minimum Gasteiger partial charge on any atom is -0.396 e. The van der Waals surface area contributed by atoms with Gasteiger partial charge in [-0.3, -0.25) is 9.36 Å². The predicted octanol–water partition coefficient (Wildman–Crippen LogP) is 0.0826. The minimum absolute atomic E-state index is 0.0551. The van der Waals surface area contributed by atoms with Crippen LogP contribution in [0.15, 0.2) is 36.9 Å². The Labute approximate surface area is 127 Å². The van der Waals surface area contributed by atoms with Crippen molar-refractivity contribution in [3.05, 3.63) is 42.5 Å². The molecule has 1 aliphatic rings. The summed E-state index contributed by atoms with van der Waals surface area (Å²) in [7, 11) is 0. The van der Waals surface area contributed by atoms with Crippen molar-refractivity contribution in [1.82, 2.24) is 19.7 Å². The van der Waals surface area contributed by atoms with E-state index >= 15 is 0 Å². The molecule has 2 aromatic rings. The zero-order valence-electron chi connectivity index (χ0n) is 12.0. The third-order valence-electron chi connectivity index (χ3n) is 4.07. The van der Waals surface area contributed by atoms with Crippen molar-refractivity contribution in [3.63, 3.8) is 0 Å². The number of amides is 1. The summed E-state index contributed by atoms with van der Waals surface area (Å²) in [6, 6.07) is 7.23. The number of hydrogen-bond donors (Lipinski definition) is 2. The van der Waals surface area contributed by atoms with Gasteiger partial charge in [-0.25, -0.2) is 0 Å². The Balaban J connectivity index is 1.85. The summed E-state index contributed by atoms with van der Waals surface area (Å²) in [5.74, 6) is -0.295. The lowest BCUT2D eigenvalue weighted by Crippen LogP contribution is -2.47. The molecule has 1 aliphatic heterocycles. The highest BCUT2D eigenvalue weighted by Crippen LogP contribution is 2.22. The molecule has 2 atom stereocenters. The number of β-amino-alcohol motifs (C(OH)–C–C–N with tert-alkyl or cyclic N) is 1. The van der Waals surface area contributed by atoms with E-state index in [1.807, 2.05) is 12.1 Å². The highest BCUT2D eigenvalue weighted by molar-refractivity contribution is 5.97. The first-order valence-electron chi connectivity index (χ1n) is 7.23. The summed E-state index contributed by atoms with van der Waals surface area (Å²) in [4.78, 5) is 14.4. The van der Waals surface area contributed by atoms with Gasteiger partial charge in [-0.15, -0.1) is 10.2 Å². The van der Waals surface area contributed by atoms with Crippen LogP contribution in [0.4, 0.5) is 0 Å². The summed E-state index contributed by atoms with van der Waals surface area (Å²) in [6.07, 6.45) is 2.99. The highest BCUT2D eigenvalue weighted by Gasteiger charge is 2.30. The number of benzene rings is 1. The first-order valence-corrected chi connectivity index (χ1v) is 7.23. The van der Waals surface area contributed by atoms with Crippen LogP contribution in [0.2, 0.25) is 0 Å². The van der Waals surface area contributed by atoms with E-state index < -0.39 is 6.10 Å². The Morgan fingerprint density at radius 3 is 2.68 bits per heavy atom. The molecule has 0 saturated carbocycles. The maximum absolute atomic E-state index is 12.8. The lowest BCUT2D eigenvalue weighted by Gasteiger charge is -2.35. The van der Waals surface area contributed by atoms with Crippen molar-refractivity contribution < 1.29 is 15.0 Å². The maximum Gasteiger partial charge on any atom is 0.256 e. The van der Waals surface area contributed by atoms with Crippen LogP contribution < -0.4 is 0 Å². The molecule has 116 valence electrons. The van der Waals surface area contributed by atoms with Gasteiger partial charge < -0.3 is 15.1 Å². The number of aromatic nitrogens is 3. The molecule has 7 heteroatoms. The molecule has 22 heavy (non-hydrogen) atoms. The summed E-state index contributed by atoms with van der Waals surface area (Å²) in [6.45, 7) is 0.707. The SMILES string of the molecule is O=C(c1ccccc1-n1cnnc1)N1CC[C@H](CO)[C@H](O)C1. The Kier molecular flexibility index (Phi) is 4.17. The number of piperidine rings is 1. The van der Waals surface area contributed by atoms with Crippen LogP contribution in [0.25, 0.3) is 5.69 Å². The number of carbonyl (C=O) groups is 1. The molecule has 7 nitrogen and oxygen atoms in total. The normalized spacial score (nSPS) is 21.8. The second-order valence-electron chi connectivity index (χ2n) is 5.44. The Bertz CT molecular complexity index is 644. The zero-order chi connectivity index (χ0) is 15.5. The topological polar surface area (TPSA) is 91.5 Å². The second kappa shape index (κ2) is 6.25. The van der Waals surface area contributed by atoms with E-state index in [0.29, 0.717) is 24.2 Å². The van der Waals surface area contributed by atoms with Crippen LogP contribution in [-0.4, -0.2) is 61.6 Å². The van der Waals surface area contributed by atoms with Crippen molar-refractivity contribution >= 4 is 5.91 Å². The van der Waals surface area contributed by atoms with Gasteiger partial charge in [-0.1, -0.05) is 12.1 Å². The molecular formula is C15H18N4O3. The van der Waals surface area contributed by atoms with E-state index in [1.54, 1.807) is 34.3 Å². The van der Waals surface area contributed by atoms with Gasteiger partial charge >= 0.3 is 0 Å². The van der Waals surface area contributed by atoms with Gasteiger partial charge in [-0.2, -0.15) is 0 Å². The van der Waals surface area contributed by atoms with Crippen molar-refractivity contribution in [2.75, 3.05) is 19.7 Å². The average Bonchev–Trinajstić information content (AvgIpc) is 3.08. The van der Waals surface area contributed by atoms with Crippen LogP contribution in [0.1, 0.15) is 16.8 Å². The fourth-order valence-corrected chi connectivity index (χ4v) is 2.75. The number of likely N-dealkylation sites (tertiary alicyclic amines) is 1. The van der Waals surface area contributed by atoms with E-state index in [2.05, 4.69) is 10.2 Å². The largest absolute Gasteiger partial charge is 0.396 e. The van der Waals surface area contributed by atoms with E-state index in [-0.39, 0.29) is 25.0 Å². The third kappa shape index (κ3) is 2.72. The number of rotatable bonds is 3. The van der Waals surface area contributed by atoms with E-state index in [1.165, 1.54) is 0 Å². The summed E-state index contributed by atoms with van der Waals surface area (Å²) in [5.41, 5.74) is 1.24. The van der Waals surface area contributed by atoms with Gasteiger partial charge in [0.25, 0.3) is 5.91 Å². The zero-order valence-corrected chi connectivity index (χ0v) is 12.0. The van der Waals surface area contributed by atoms with Crippen LogP contribution in [0.3, 0.4) is 0 Å². The van der Waals surface area contributed by atoms with Crippen molar-refractivity contribution in [1.29, 1.82) is 0 Å². The Morgan fingerprint density at radius 1 is 1.27 bits per heavy atom. The first-order chi connectivity index (χ1) is 10.7. The number of carbonyl (C=O) groups excluding carboxylic acids is 1. The van der Waals surface area contributed by atoms with E-state index in [0.717, 1.165) is 0 Å². The number of nitrogens with zero attached hydrogens (tertiary/aromatic N) is 4. The van der Waals surface area contributed by atoms with Crippen LogP contribution in [0.5, 0.6) is 0 Å². The molecule has 1 fully saturated rings. The summed E-state index contributed by atoms with van der Waals surface area (Å²) in [5, 5.41) is 26.7. The number of aliphatic hydroxyl groups is 2. The summed E-state index contributed by atoms with van der Waals surface area (Å²) >= 11 is 0. The summed E-state index contributed by atoms with van der Waals surface area (Å²) < 4.78 is 1.68. The quantitative estimate of drug-likeness (QED) is 0.838. The standard InChI is InChI=1S/C15H18N4O3/c20-8-11-5-6-18(7-14(11)21)15(22)12-3-1-2-4-13(12)19-9-16-17-10-19/h1-4,9-11,14,20-21H,5-8H2/t11-,14-/m1/s1. The fraction of sp³-hybridized carbons (Fsp3) is 0.400.